The number of benzene rings is 7. The molecule has 0 N–H and O–H groups in total. The SMILES string of the molecule is c1ccc2c(c1)ccc1cc(-c3cc4c5ccccc5n5c6ccc7ccccc7c6c(c3)c45)ccc12. The lowest BCUT2D eigenvalue weighted by Gasteiger charge is -2.09. The average Bonchev–Trinajstić information content (AvgIpc) is 3.48. The summed E-state index contributed by atoms with van der Waals surface area (Å²) in [7, 11) is 0. The maximum atomic E-state index is 2.47. The number of aromatic nitrogens is 1. The van der Waals surface area contributed by atoms with Crippen LogP contribution in [0.15, 0.2) is 127 Å². The standard InChI is InChI=1S/C36H21N/c1-3-9-27-22(7-1)13-14-25-19-24(15-17-28(25)27)26-20-31-30-11-5-6-12-33(30)37-34-18-16-23-8-2-4-10-29(23)35(34)32(21-26)36(31)37/h1-21H. The van der Waals surface area contributed by atoms with Gasteiger partial charge in [-0.25, -0.2) is 0 Å². The zero-order chi connectivity index (χ0) is 24.1. The van der Waals surface area contributed by atoms with E-state index >= 15 is 0 Å². The number of fused-ring (bicyclic) bond motifs is 11. The molecule has 9 rings (SSSR count). The number of hydrogen-bond donors (Lipinski definition) is 0. The van der Waals surface area contributed by atoms with E-state index < -0.39 is 0 Å². The van der Waals surface area contributed by atoms with Gasteiger partial charge in [-0.2, -0.15) is 0 Å². The first-order valence-electron chi connectivity index (χ1n) is 12.9. The fraction of sp³-hybridized carbons (Fsp3) is 0. The van der Waals surface area contributed by atoms with Crippen LogP contribution in [0.2, 0.25) is 0 Å². The lowest BCUT2D eigenvalue weighted by molar-refractivity contribution is 1.37. The van der Waals surface area contributed by atoms with E-state index in [4.69, 9.17) is 0 Å². The molecule has 0 atom stereocenters. The van der Waals surface area contributed by atoms with E-state index in [1.165, 1.54) is 81.5 Å². The Morgan fingerprint density at radius 1 is 0.351 bits per heavy atom. The predicted molar refractivity (Wildman–Crippen MR) is 159 cm³/mol. The molecule has 1 nitrogen and oxygen atoms in total. The van der Waals surface area contributed by atoms with Gasteiger partial charge in [-0.3, -0.25) is 0 Å². The summed E-state index contributed by atoms with van der Waals surface area (Å²) in [4.78, 5) is 0. The van der Waals surface area contributed by atoms with Gasteiger partial charge in [0.15, 0.2) is 0 Å². The van der Waals surface area contributed by atoms with E-state index in [0.29, 0.717) is 0 Å². The number of para-hydroxylation sites is 1. The molecule has 0 saturated carbocycles. The molecule has 0 aliphatic heterocycles. The summed E-state index contributed by atoms with van der Waals surface area (Å²) in [6.07, 6.45) is 0. The second kappa shape index (κ2) is 6.87. The van der Waals surface area contributed by atoms with Crippen LogP contribution in [0, 0.1) is 0 Å². The number of hydrogen-bond acceptors (Lipinski definition) is 0. The number of nitrogens with zero attached hydrogens (tertiary/aromatic N) is 1. The number of rotatable bonds is 1. The molecular weight excluding hydrogens is 446 g/mol. The molecule has 0 aliphatic rings. The molecule has 9 aromatic rings. The van der Waals surface area contributed by atoms with Crippen LogP contribution in [0.5, 0.6) is 0 Å². The first-order valence-corrected chi connectivity index (χ1v) is 12.9. The van der Waals surface area contributed by atoms with E-state index in [9.17, 15) is 0 Å². The van der Waals surface area contributed by atoms with Crippen molar-refractivity contribution in [2.75, 3.05) is 0 Å². The van der Waals surface area contributed by atoms with Crippen LogP contribution >= 0.6 is 0 Å². The predicted octanol–water partition coefficient (Wildman–Crippen LogP) is 9.96. The normalized spacial score (nSPS) is 12.3. The zero-order valence-electron chi connectivity index (χ0n) is 20.1. The molecule has 0 fully saturated rings. The molecular formula is C36H21N. The van der Waals surface area contributed by atoms with Crippen molar-refractivity contribution in [2.45, 2.75) is 0 Å². The molecule has 0 radical (unpaired) electrons. The van der Waals surface area contributed by atoms with Crippen molar-refractivity contribution in [3.05, 3.63) is 127 Å². The molecule has 0 bridgehead atoms. The Balaban J connectivity index is 1.43. The summed E-state index contributed by atoms with van der Waals surface area (Å²) in [5.74, 6) is 0. The monoisotopic (exact) mass is 467 g/mol. The van der Waals surface area contributed by atoms with Crippen LogP contribution in [-0.2, 0) is 0 Å². The van der Waals surface area contributed by atoms with Crippen LogP contribution in [0.25, 0.3) is 81.5 Å². The summed E-state index contributed by atoms with van der Waals surface area (Å²) < 4.78 is 2.47. The summed E-state index contributed by atoms with van der Waals surface area (Å²) in [6.45, 7) is 0. The third kappa shape index (κ3) is 2.48. The lowest BCUT2D eigenvalue weighted by Crippen LogP contribution is -1.82. The van der Waals surface area contributed by atoms with Crippen LogP contribution in [0.1, 0.15) is 0 Å². The van der Waals surface area contributed by atoms with Gasteiger partial charge in [-0.1, -0.05) is 97.1 Å². The second-order valence-corrected chi connectivity index (χ2v) is 10.2. The van der Waals surface area contributed by atoms with E-state index in [1.54, 1.807) is 0 Å². The Hall–Kier alpha value is -4.88. The maximum Gasteiger partial charge on any atom is 0.0621 e. The van der Waals surface area contributed by atoms with Crippen molar-refractivity contribution in [2.24, 2.45) is 0 Å². The highest BCUT2D eigenvalue weighted by atomic mass is 14.9. The lowest BCUT2D eigenvalue weighted by atomic mass is 9.95. The fourth-order valence-electron chi connectivity index (χ4n) is 6.63. The van der Waals surface area contributed by atoms with E-state index in [-0.39, 0.29) is 0 Å². The molecule has 2 aromatic heterocycles. The van der Waals surface area contributed by atoms with Crippen molar-refractivity contribution in [3.8, 4) is 11.1 Å². The van der Waals surface area contributed by atoms with Gasteiger partial charge in [0.05, 0.1) is 16.6 Å². The third-order valence-electron chi connectivity index (χ3n) is 8.26. The molecule has 0 saturated heterocycles. The van der Waals surface area contributed by atoms with E-state index in [2.05, 4.69) is 132 Å². The van der Waals surface area contributed by atoms with Gasteiger partial charge in [0.2, 0.25) is 0 Å². The Bertz CT molecular complexity index is 2350. The quantitative estimate of drug-likeness (QED) is 0.212. The molecule has 0 unspecified atom stereocenters. The molecule has 1 heteroatoms. The third-order valence-corrected chi connectivity index (χ3v) is 8.26. The summed E-state index contributed by atoms with van der Waals surface area (Å²) in [6, 6.07) is 47.0. The highest BCUT2D eigenvalue weighted by Gasteiger charge is 2.20. The van der Waals surface area contributed by atoms with Crippen LogP contribution in [0.3, 0.4) is 0 Å². The largest absolute Gasteiger partial charge is 0.308 e. The first-order chi connectivity index (χ1) is 18.3. The second-order valence-electron chi connectivity index (χ2n) is 10.2. The molecule has 0 amide bonds. The Labute approximate surface area is 213 Å². The minimum Gasteiger partial charge on any atom is -0.308 e. The van der Waals surface area contributed by atoms with E-state index in [1.807, 2.05) is 0 Å². The first kappa shape index (κ1) is 19.3. The van der Waals surface area contributed by atoms with Gasteiger partial charge in [0.25, 0.3) is 0 Å². The summed E-state index contributed by atoms with van der Waals surface area (Å²) >= 11 is 0. The highest BCUT2D eigenvalue weighted by Crippen LogP contribution is 2.44. The van der Waals surface area contributed by atoms with Crippen molar-refractivity contribution >= 4 is 70.4 Å². The van der Waals surface area contributed by atoms with Gasteiger partial charge in [0.1, 0.15) is 0 Å². The van der Waals surface area contributed by atoms with Gasteiger partial charge in [0, 0.05) is 21.5 Å². The van der Waals surface area contributed by atoms with Crippen LogP contribution in [-0.4, -0.2) is 4.40 Å². The smallest absolute Gasteiger partial charge is 0.0621 e. The molecule has 2 heterocycles. The molecule has 7 aromatic carbocycles. The van der Waals surface area contributed by atoms with Gasteiger partial charge in [-0.05, 0) is 73.8 Å². The Kier molecular flexibility index (Phi) is 3.59. The maximum absolute atomic E-state index is 2.47. The zero-order valence-corrected chi connectivity index (χ0v) is 20.1. The van der Waals surface area contributed by atoms with Crippen LogP contribution in [0.4, 0.5) is 0 Å². The topological polar surface area (TPSA) is 4.41 Å². The summed E-state index contributed by atoms with van der Waals surface area (Å²) in [5, 5.41) is 13.1. The Morgan fingerprint density at radius 3 is 1.89 bits per heavy atom. The molecule has 37 heavy (non-hydrogen) atoms. The Morgan fingerprint density at radius 2 is 1.00 bits per heavy atom. The van der Waals surface area contributed by atoms with Crippen molar-refractivity contribution < 1.29 is 0 Å². The minimum absolute atomic E-state index is 1.26. The molecule has 0 aliphatic carbocycles. The molecule has 0 spiro atoms. The van der Waals surface area contributed by atoms with E-state index in [0.717, 1.165) is 0 Å². The average molecular weight is 468 g/mol. The molecule has 170 valence electrons. The van der Waals surface area contributed by atoms with Crippen molar-refractivity contribution in [1.29, 1.82) is 0 Å². The highest BCUT2D eigenvalue weighted by molar-refractivity contribution is 6.29. The van der Waals surface area contributed by atoms with Crippen LogP contribution < -0.4 is 0 Å². The van der Waals surface area contributed by atoms with Crippen molar-refractivity contribution in [1.82, 2.24) is 4.40 Å². The minimum atomic E-state index is 1.26. The van der Waals surface area contributed by atoms with Crippen molar-refractivity contribution in [3.63, 3.8) is 0 Å². The van der Waals surface area contributed by atoms with Gasteiger partial charge < -0.3 is 4.40 Å². The van der Waals surface area contributed by atoms with Gasteiger partial charge in [-0.15, -0.1) is 0 Å². The van der Waals surface area contributed by atoms with Gasteiger partial charge >= 0.3 is 0 Å². The fourth-order valence-corrected chi connectivity index (χ4v) is 6.63. The summed E-state index contributed by atoms with van der Waals surface area (Å²) in [5.41, 5.74) is 6.40.